The Bertz CT molecular complexity index is 808. The molecule has 0 aliphatic heterocycles. The minimum atomic E-state index is -0.602. The Balaban J connectivity index is 1.96. The van der Waals surface area contributed by atoms with Crippen molar-refractivity contribution in [1.29, 1.82) is 0 Å². The third-order valence-corrected chi connectivity index (χ3v) is 4.56. The van der Waals surface area contributed by atoms with Gasteiger partial charge in [0.15, 0.2) is 6.61 Å². The van der Waals surface area contributed by atoms with E-state index in [1.165, 1.54) is 29.8 Å². The lowest BCUT2D eigenvalue weighted by molar-refractivity contribution is -0.125. The summed E-state index contributed by atoms with van der Waals surface area (Å²) in [6.45, 7) is 7.97. The molecule has 0 unspecified atom stereocenters. The number of nitrogens with one attached hydrogen (secondary N) is 1. The van der Waals surface area contributed by atoms with Gasteiger partial charge in [0.1, 0.15) is 6.29 Å². The van der Waals surface area contributed by atoms with Crippen LogP contribution in [0.4, 0.5) is 0 Å². The predicted octanol–water partition coefficient (Wildman–Crippen LogP) is 4.29. The first kappa shape index (κ1) is 21.4. The lowest BCUT2D eigenvalue weighted by atomic mass is 9.93. The number of hydrogen-bond acceptors (Lipinski definition) is 4. The number of rotatable bonds is 8. The van der Waals surface area contributed by atoms with E-state index in [-0.39, 0.29) is 24.5 Å². The van der Waals surface area contributed by atoms with Crippen LogP contribution in [0.3, 0.4) is 0 Å². The zero-order chi connectivity index (χ0) is 20.7. The summed E-state index contributed by atoms with van der Waals surface area (Å²) in [5, 5.41) is 2.94. The van der Waals surface area contributed by atoms with Crippen molar-refractivity contribution < 1.29 is 19.1 Å². The Morgan fingerprint density at radius 2 is 1.50 bits per heavy atom. The quantitative estimate of drug-likeness (QED) is 0.547. The Labute approximate surface area is 166 Å². The van der Waals surface area contributed by atoms with E-state index < -0.39 is 5.97 Å². The van der Waals surface area contributed by atoms with Crippen LogP contribution in [0.2, 0.25) is 0 Å². The number of hydrogen-bond donors (Lipinski definition) is 1. The first-order chi connectivity index (χ1) is 13.3. The van der Waals surface area contributed by atoms with E-state index in [0.717, 1.165) is 5.56 Å². The number of carbonyl (C=O) groups excluding carboxylic acids is 3. The van der Waals surface area contributed by atoms with Gasteiger partial charge in [0, 0.05) is 5.56 Å². The van der Waals surface area contributed by atoms with Gasteiger partial charge in [-0.2, -0.15) is 0 Å². The zero-order valence-electron chi connectivity index (χ0n) is 16.8. The molecule has 2 aromatic rings. The molecule has 0 saturated heterocycles. The van der Waals surface area contributed by atoms with Gasteiger partial charge >= 0.3 is 5.97 Å². The topological polar surface area (TPSA) is 72.5 Å². The Morgan fingerprint density at radius 3 is 2.00 bits per heavy atom. The van der Waals surface area contributed by atoms with Gasteiger partial charge < -0.3 is 10.1 Å². The summed E-state index contributed by atoms with van der Waals surface area (Å²) in [5.41, 5.74) is 3.02. The fraction of sp³-hybridized carbons (Fsp3) is 0.348. The van der Waals surface area contributed by atoms with E-state index in [2.05, 4.69) is 31.3 Å². The van der Waals surface area contributed by atoms with Crippen LogP contribution in [-0.4, -0.2) is 24.8 Å². The molecular weight excluding hydrogens is 354 g/mol. The number of aldehydes is 1. The van der Waals surface area contributed by atoms with Crippen LogP contribution in [0.15, 0.2) is 48.5 Å². The second-order valence-corrected chi connectivity index (χ2v) is 7.43. The van der Waals surface area contributed by atoms with Crippen molar-refractivity contribution in [3.05, 3.63) is 70.8 Å². The summed E-state index contributed by atoms with van der Waals surface area (Å²) in [7, 11) is 0. The largest absolute Gasteiger partial charge is 0.452 e. The van der Waals surface area contributed by atoms with Crippen molar-refractivity contribution in [2.24, 2.45) is 5.92 Å². The molecule has 28 heavy (non-hydrogen) atoms. The van der Waals surface area contributed by atoms with Crippen LogP contribution in [0.25, 0.3) is 0 Å². The highest BCUT2D eigenvalue weighted by Crippen LogP contribution is 2.24. The van der Waals surface area contributed by atoms with Gasteiger partial charge in [0.2, 0.25) is 0 Å². The van der Waals surface area contributed by atoms with Gasteiger partial charge in [-0.25, -0.2) is 4.79 Å². The SMILES string of the molecule is CC(C)c1ccc([C@@H](NC(=O)COC(=O)c2ccc(C=O)cc2)C(C)C)cc1. The van der Waals surface area contributed by atoms with Crippen molar-refractivity contribution in [2.75, 3.05) is 6.61 Å². The molecule has 0 fully saturated rings. The molecular formula is C23H27NO4. The highest BCUT2D eigenvalue weighted by atomic mass is 16.5. The number of amides is 1. The second-order valence-electron chi connectivity index (χ2n) is 7.43. The highest BCUT2D eigenvalue weighted by Gasteiger charge is 2.19. The van der Waals surface area contributed by atoms with E-state index in [1.807, 2.05) is 26.0 Å². The molecule has 0 aliphatic carbocycles. The van der Waals surface area contributed by atoms with E-state index in [4.69, 9.17) is 4.74 Å². The Morgan fingerprint density at radius 1 is 0.929 bits per heavy atom. The predicted molar refractivity (Wildman–Crippen MR) is 108 cm³/mol. The molecule has 5 heteroatoms. The average Bonchev–Trinajstić information content (AvgIpc) is 2.70. The molecule has 1 atom stereocenters. The average molecular weight is 381 g/mol. The molecule has 0 bridgehead atoms. The van der Waals surface area contributed by atoms with E-state index >= 15 is 0 Å². The highest BCUT2D eigenvalue weighted by molar-refractivity contribution is 5.92. The fourth-order valence-electron chi connectivity index (χ4n) is 2.85. The van der Waals surface area contributed by atoms with Crippen LogP contribution >= 0.6 is 0 Å². The lowest BCUT2D eigenvalue weighted by Gasteiger charge is -2.23. The van der Waals surface area contributed by atoms with Crippen molar-refractivity contribution in [3.8, 4) is 0 Å². The third-order valence-electron chi connectivity index (χ3n) is 4.56. The first-order valence-electron chi connectivity index (χ1n) is 9.43. The number of benzene rings is 2. The molecule has 0 radical (unpaired) electrons. The maximum absolute atomic E-state index is 12.3. The third kappa shape index (κ3) is 5.78. The monoisotopic (exact) mass is 381 g/mol. The van der Waals surface area contributed by atoms with Gasteiger partial charge in [0.05, 0.1) is 11.6 Å². The number of ether oxygens (including phenoxy) is 1. The molecule has 0 saturated carbocycles. The molecule has 1 N–H and O–H groups in total. The summed E-state index contributed by atoms with van der Waals surface area (Å²) in [4.78, 5) is 35.0. The first-order valence-corrected chi connectivity index (χ1v) is 9.43. The minimum absolute atomic E-state index is 0.167. The van der Waals surface area contributed by atoms with Crippen molar-refractivity contribution in [3.63, 3.8) is 0 Å². The molecule has 0 aromatic heterocycles. The van der Waals surface area contributed by atoms with Gasteiger partial charge in [0.25, 0.3) is 5.91 Å². The van der Waals surface area contributed by atoms with E-state index in [1.54, 1.807) is 0 Å². The van der Waals surface area contributed by atoms with Crippen LogP contribution in [0, 0.1) is 5.92 Å². The van der Waals surface area contributed by atoms with Crippen LogP contribution in [-0.2, 0) is 9.53 Å². The van der Waals surface area contributed by atoms with Gasteiger partial charge in [-0.3, -0.25) is 9.59 Å². The van der Waals surface area contributed by atoms with Gasteiger partial charge in [-0.05, 0) is 35.1 Å². The zero-order valence-corrected chi connectivity index (χ0v) is 16.8. The van der Waals surface area contributed by atoms with Crippen LogP contribution in [0.1, 0.15) is 71.5 Å². The molecule has 0 aliphatic rings. The fourth-order valence-corrected chi connectivity index (χ4v) is 2.85. The standard InChI is InChI=1S/C23H27NO4/c1-15(2)18-9-11-19(12-10-18)22(16(3)4)24-21(26)14-28-23(27)20-7-5-17(13-25)6-8-20/h5-13,15-16,22H,14H2,1-4H3,(H,24,26)/t22-/m0/s1. The minimum Gasteiger partial charge on any atom is -0.452 e. The van der Waals surface area contributed by atoms with E-state index in [9.17, 15) is 14.4 Å². The summed E-state index contributed by atoms with van der Waals surface area (Å²) in [6, 6.07) is 14.1. The van der Waals surface area contributed by atoms with E-state index in [0.29, 0.717) is 23.3 Å². The lowest BCUT2D eigenvalue weighted by Crippen LogP contribution is -2.35. The normalized spacial score (nSPS) is 11.9. The smallest absolute Gasteiger partial charge is 0.338 e. The summed E-state index contributed by atoms with van der Waals surface area (Å²) in [5.74, 6) is -0.332. The molecule has 2 aromatic carbocycles. The van der Waals surface area contributed by atoms with Gasteiger partial charge in [-0.15, -0.1) is 0 Å². The maximum Gasteiger partial charge on any atom is 0.338 e. The molecule has 1 amide bonds. The van der Waals surface area contributed by atoms with Crippen LogP contribution in [0.5, 0.6) is 0 Å². The molecule has 5 nitrogen and oxygen atoms in total. The van der Waals surface area contributed by atoms with Crippen molar-refractivity contribution in [1.82, 2.24) is 5.32 Å². The second kappa shape index (κ2) is 9.83. The van der Waals surface area contributed by atoms with Crippen LogP contribution < -0.4 is 5.32 Å². The Kier molecular flexibility index (Phi) is 7.50. The molecule has 2 rings (SSSR count). The van der Waals surface area contributed by atoms with Gasteiger partial charge in [-0.1, -0.05) is 64.1 Å². The van der Waals surface area contributed by atoms with Crippen molar-refractivity contribution >= 4 is 18.2 Å². The molecule has 148 valence electrons. The van der Waals surface area contributed by atoms with Crippen molar-refractivity contribution in [2.45, 2.75) is 39.7 Å². The number of esters is 1. The molecule has 0 spiro atoms. The maximum atomic E-state index is 12.3. The summed E-state index contributed by atoms with van der Waals surface area (Å²) in [6.07, 6.45) is 0.697. The number of carbonyl (C=O) groups is 3. The summed E-state index contributed by atoms with van der Waals surface area (Å²) < 4.78 is 5.09. The Hall–Kier alpha value is -2.95. The summed E-state index contributed by atoms with van der Waals surface area (Å²) >= 11 is 0. The molecule has 0 heterocycles.